The molecule has 2 unspecified atom stereocenters. The van der Waals surface area contributed by atoms with E-state index in [1.54, 1.807) is 19.1 Å². The lowest BCUT2D eigenvalue weighted by atomic mass is 10.2. The van der Waals surface area contributed by atoms with Gasteiger partial charge in [0.05, 0.1) is 5.92 Å². The first kappa shape index (κ1) is 15.1. The lowest BCUT2D eigenvalue weighted by Crippen LogP contribution is -2.37. The van der Waals surface area contributed by atoms with Crippen molar-refractivity contribution in [3.05, 3.63) is 24.3 Å². The van der Waals surface area contributed by atoms with Gasteiger partial charge in [0, 0.05) is 12.8 Å². The van der Waals surface area contributed by atoms with Crippen LogP contribution in [0.3, 0.4) is 0 Å². The molecule has 114 valence electrons. The molecule has 0 aromatic heterocycles. The van der Waals surface area contributed by atoms with Crippen LogP contribution >= 0.6 is 0 Å². The molecule has 1 amide bonds. The summed E-state index contributed by atoms with van der Waals surface area (Å²) < 4.78 is 5.38. The van der Waals surface area contributed by atoms with E-state index in [4.69, 9.17) is 14.7 Å². The fraction of sp³-hybridized carbons (Fsp3) is 0.429. The van der Waals surface area contributed by atoms with E-state index >= 15 is 0 Å². The van der Waals surface area contributed by atoms with E-state index in [-0.39, 0.29) is 25.2 Å². The summed E-state index contributed by atoms with van der Waals surface area (Å²) in [5.74, 6) is -1.05. The van der Waals surface area contributed by atoms with Crippen molar-refractivity contribution in [1.82, 2.24) is 5.06 Å². The minimum absolute atomic E-state index is 0.0573. The second kappa shape index (κ2) is 6.45. The third-order valence-corrected chi connectivity index (χ3v) is 3.06. The number of phenols is 1. The number of carbonyl (C=O) groups is 2. The number of aliphatic hydroxyl groups excluding tert-OH is 1. The minimum atomic E-state index is -1.08. The minimum Gasteiger partial charge on any atom is -0.508 e. The van der Waals surface area contributed by atoms with Gasteiger partial charge in [-0.3, -0.25) is 4.79 Å². The molecule has 21 heavy (non-hydrogen) atoms. The van der Waals surface area contributed by atoms with Crippen LogP contribution in [0.2, 0.25) is 0 Å². The van der Waals surface area contributed by atoms with Gasteiger partial charge >= 0.3 is 5.97 Å². The number of rotatable bonds is 5. The summed E-state index contributed by atoms with van der Waals surface area (Å²) in [6, 6.07) is 6.08. The Kier molecular flexibility index (Phi) is 4.64. The maximum Gasteiger partial charge on any atom is 0.338 e. The maximum atomic E-state index is 11.8. The summed E-state index contributed by atoms with van der Waals surface area (Å²) in [7, 11) is 0. The molecule has 1 saturated heterocycles. The van der Waals surface area contributed by atoms with Crippen LogP contribution in [0.4, 0.5) is 0 Å². The first-order valence-electron chi connectivity index (χ1n) is 6.61. The van der Waals surface area contributed by atoms with Gasteiger partial charge in [0.1, 0.15) is 18.1 Å². The van der Waals surface area contributed by atoms with Gasteiger partial charge in [0.2, 0.25) is 0 Å². The highest BCUT2D eigenvalue weighted by Crippen LogP contribution is 2.19. The topological polar surface area (TPSA) is 96.3 Å². The fourth-order valence-electron chi connectivity index (χ4n) is 1.78. The summed E-state index contributed by atoms with van der Waals surface area (Å²) in [6.45, 7) is 1.65. The molecule has 0 spiro atoms. The van der Waals surface area contributed by atoms with Crippen LogP contribution in [0.25, 0.3) is 0 Å². The Labute approximate surface area is 121 Å². The Hall–Kier alpha value is -2.28. The van der Waals surface area contributed by atoms with Gasteiger partial charge in [-0.15, -0.1) is 5.06 Å². The lowest BCUT2D eigenvalue weighted by molar-refractivity contribution is -0.224. The standard InChI is InChI=1S/C14H17NO6/c1-9(8-20-11-4-2-10(16)3-5-11)14(19)21-15-12(17)6-7-13(15)18/h2-5,9,12,16-17H,6-8H2,1H3. The van der Waals surface area contributed by atoms with Crippen molar-refractivity contribution < 1.29 is 29.4 Å². The van der Waals surface area contributed by atoms with E-state index < -0.39 is 24.0 Å². The van der Waals surface area contributed by atoms with Crippen molar-refractivity contribution in [3.63, 3.8) is 0 Å². The van der Waals surface area contributed by atoms with Crippen LogP contribution in [-0.4, -0.2) is 40.0 Å². The van der Waals surface area contributed by atoms with E-state index in [0.717, 1.165) is 0 Å². The van der Waals surface area contributed by atoms with Crippen LogP contribution < -0.4 is 4.74 Å². The van der Waals surface area contributed by atoms with E-state index in [1.807, 2.05) is 0 Å². The zero-order valence-corrected chi connectivity index (χ0v) is 11.6. The Morgan fingerprint density at radius 3 is 2.67 bits per heavy atom. The highest BCUT2D eigenvalue weighted by Gasteiger charge is 2.34. The highest BCUT2D eigenvalue weighted by atomic mass is 16.7. The van der Waals surface area contributed by atoms with E-state index in [9.17, 15) is 14.7 Å². The van der Waals surface area contributed by atoms with Crippen molar-refractivity contribution in [2.24, 2.45) is 5.92 Å². The number of hydrogen-bond donors (Lipinski definition) is 2. The number of hydrogen-bond acceptors (Lipinski definition) is 6. The molecule has 1 fully saturated rings. The van der Waals surface area contributed by atoms with Crippen LogP contribution in [0.1, 0.15) is 19.8 Å². The van der Waals surface area contributed by atoms with Crippen molar-refractivity contribution in [2.45, 2.75) is 26.0 Å². The predicted molar refractivity (Wildman–Crippen MR) is 70.9 cm³/mol. The summed E-state index contributed by atoms with van der Waals surface area (Å²) in [5.41, 5.74) is 0. The highest BCUT2D eigenvalue weighted by molar-refractivity contribution is 5.80. The molecule has 0 saturated carbocycles. The number of amides is 1. The first-order chi connectivity index (χ1) is 9.97. The summed E-state index contributed by atoms with van der Waals surface area (Å²) in [4.78, 5) is 28.1. The Morgan fingerprint density at radius 1 is 1.43 bits per heavy atom. The molecule has 2 atom stereocenters. The van der Waals surface area contributed by atoms with E-state index in [1.165, 1.54) is 12.1 Å². The molecule has 1 heterocycles. The molecule has 0 bridgehead atoms. The number of hydroxylamine groups is 2. The molecule has 1 aromatic carbocycles. The average Bonchev–Trinajstić information content (AvgIpc) is 2.78. The molecule has 7 heteroatoms. The molecule has 1 aromatic rings. The van der Waals surface area contributed by atoms with Gasteiger partial charge in [-0.1, -0.05) is 0 Å². The van der Waals surface area contributed by atoms with Crippen molar-refractivity contribution in [3.8, 4) is 11.5 Å². The van der Waals surface area contributed by atoms with Crippen LogP contribution in [-0.2, 0) is 14.4 Å². The molecule has 2 N–H and O–H groups in total. The summed E-state index contributed by atoms with van der Waals surface area (Å²) in [5, 5.41) is 19.3. The maximum absolute atomic E-state index is 11.8. The SMILES string of the molecule is CC(COc1ccc(O)cc1)C(=O)ON1C(=O)CCC1O. The number of phenolic OH excluding ortho intramolecular Hbond substituents is 1. The Morgan fingerprint density at radius 2 is 2.10 bits per heavy atom. The Bertz CT molecular complexity index is 515. The normalized spacial score (nSPS) is 19.4. The second-order valence-electron chi connectivity index (χ2n) is 4.86. The number of aromatic hydroxyl groups is 1. The lowest BCUT2D eigenvalue weighted by Gasteiger charge is -2.21. The first-order valence-corrected chi connectivity index (χ1v) is 6.61. The molecular formula is C14H17NO6. The quantitative estimate of drug-likeness (QED) is 0.834. The number of benzene rings is 1. The van der Waals surface area contributed by atoms with Crippen LogP contribution in [0.5, 0.6) is 11.5 Å². The number of aliphatic hydroxyl groups is 1. The zero-order valence-electron chi connectivity index (χ0n) is 11.6. The summed E-state index contributed by atoms with van der Waals surface area (Å²) >= 11 is 0. The number of nitrogens with zero attached hydrogens (tertiary/aromatic N) is 1. The van der Waals surface area contributed by atoms with Gasteiger partial charge in [0.15, 0.2) is 6.23 Å². The smallest absolute Gasteiger partial charge is 0.338 e. The van der Waals surface area contributed by atoms with Gasteiger partial charge in [0.25, 0.3) is 5.91 Å². The van der Waals surface area contributed by atoms with Gasteiger partial charge in [-0.25, -0.2) is 4.79 Å². The third-order valence-electron chi connectivity index (χ3n) is 3.06. The third kappa shape index (κ3) is 3.85. The van der Waals surface area contributed by atoms with Crippen LogP contribution in [0.15, 0.2) is 24.3 Å². The Balaban J connectivity index is 1.82. The van der Waals surface area contributed by atoms with Gasteiger partial charge in [-0.05, 0) is 31.2 Å². The fourth-order valence-corrected chi connectivity index (χ4v) is 1.78. The molecule has 7 nitrogen and oxygen atoms in total. The molecule has 1 aliphatic rings. The average molecular weight is 295 g/mol. The molecule has 0 radical (unpaired) electrons. The van der Waals surface area contributed by atoms with Crippen molar-refractivity contribution in [1.29, 1.82) is 0 Å². The van der Waals surface area contributed by atoms with E-state index in [0.29, 0.717) is 10.8 Å². The van der Waals surface area contributed by atoms with Crippen molar-refractivity contribution in [2.75, 3.05) is 6.61 Å². The van der Waals surface area contributed by atoms with Crippen molar-refractivity contribution >= 4 is 11.9 Å². The molecule has 2 rings (SSSR count). The molecular weight excluding hydrogens is 278 g/mol. The van der Waals surface area contributed by atoms with Gasteiger partial charge < -0.3 is 19.8 Å². The largest absolute Gasteiger partial charge is 0.508 e. The summed E-state index contributed by atoms with van der Waals surface area (Å²) in [6.07, 6.45) is -0.663. The predicted octanol–water partition coefficient (Wildman–Crippen LogP) is 0.806. The zero-order chi connectivity index (χ0) is 15.4. The monoisotopic (exact) mass is 295 g/mol. The van der Waals surface area contributed by atoms with Gasteiger partial charge in [-0.2, -0.15) is 0 Å². The number of ether oxygens (including phenoxy) is 1. The number of carbonyl (C=O) groups excluding carboxylic acids is 2. The molecule has 0 aliphatic carbocycles. The molecule has 1 aliphatic heterocycles. The van der Waals surface area contributed by atoms with Crippen LogP contribution in [0, 0.1) is 5.92 Å². The second-order valence-corrected chi connectivity index (χ2v) is 4.86. The van der Waals surface area contributed by atoms with E-state index in [2.05, 4.69) is 0 Å².